The van der Waals surface area contributed by atoms with Gasteiger partial charge in [-0.25, -0.2) is 0 Å². The Morgan fingerprint density at radius 1 is 0.692 bits per heavy atom. The lowest BCUT2D eigenvalue weighted by Gasteiger charge is -2.43. The molecule has 0 aromatic heterocycles. The summed E-state index contributed by atoms with van der Waals surface area (Å²) in [5.41, 5.74) is 4.01. The minimum atomic E-state index is -0.505. The van der Waals surface area contributed by atoms with Crippen molar-refractivity contribution in [3.63, 3.8) is 0 Å². The number of unbranched alkanes of at least 4 members (excludes halogenated alkanes) is 12. The summed E-state index contributed by atoms with van der Waals surface area (Å²) in [6.07, 6.45) is 18.0. The third-order valence-electron chi connectivity index (χ3n) is 10.4. The van der Waals surface area contributed by atoms with E-state index in [1.807, 2.05) is 12.1 Å². The first-order valence-corrected chi connectivity index (χ1v) is 20.7. The second-order valence-electron chi connectivity index (χ2n) is 15.0. The summed E-state index contributed by atoms with van der Waals surface area (Å²) < 4.78 is 13.6. The maximum atomic E-state index is 12.4. The van der Waals surface area contributed by atoms with Crippen LogP contribution in [0.4, 0.5) is 0 Å². The van der Waals surface area contributed by atoms with Gasteiger partial charge in [0.25, 0.3) is 0 Å². The van der Waals surface area contributed by atoms with Crippen LogP contribution in [0.3, 0.4) is 0 Å². The molecule has 2 aromatic carbocycles. The van der Waals surface area contributed by atoms with Gasteiger partial charge < -0.3 is 30.1 Å². The van der Waals surface area contributed by atoms with E-state index in [0.29, 0.717) is 19.5 Å². The van der Waals surface area contributed by atoms with Gasteiger partial charge in [0.2, 0.25) is 11.8 Å². The number of nitrogens with one attached hydrogen (secondary N) is 2. The summed E-state index contributed by atoms with van der Waals surface area (Å²) in [5.74, 6) is 0.172. The molecule has 1 aliphatic heterocycles. The van der Waals surface area contributed by atoms with E-state index in [9.17, 15) is 14.7 Å². The highest BCUT2D eigenvalue weighted by atomic mass is 16.7. The summed E-state index contributed by atoms with van der Waals surface area (Å²) in [6, 6.07) is 16.4. The molecule has 1 aliphatic rings. The summed E-state index contributed by atoms with van der Waals surface area (Å²) >= 11 is 0. The average molecular weight is 722 g/mol. The fourth-order valence-electron chi connectivity index (χ4n) is 7.04. The maximum Gasteiger partial charge on any atom is 0.220 e. The van der Waals surface area contributed by atoms with Crippen molar-refractivity contribution >= 4 is 11.8 Å². The number of hydrogen-bond donors (Lipinski definition) is 3. The quantitative estimate of drug-likeness (QED) is 0.0796. The number of carbonyl (C=O) groups is 2. The second kappa shape index (κ2) is 26.1. The summed E-state index contributed by atoms with van der Waals surface area (Å²) in [7, 11) is 0. The Hall–Kier alpha value is -2.78. The van der Waals surface area contributed by atoms with Crippen LogP contribution in [0.5, 0.6) is 0 Å². The summed E-state index contributed by atoms with van der Waals surface area (Å²) in [4.78, 5) is 26.1. The fourth-order valence-corrected chi connectivity index (χ4v) is 7.04. The second-order valence-corrected chi connectivity index (χ2v) is 15.0. The molecule has 2 aromatic rings. The van der Waals surface area contributed by atoms with E-state index in [4.69, 9.17) is 9.47 Å². The topological polar surface area (TPSA) is 100 Å². The first kappa shape index (κ1) is 43.6. The zero-order valence-corrected chi connectivity index (χ0v) is 33.0. The lowest BCUT2D eigenvalue weighted by molar-refractivity contribution is -0.276. The molecule has 3 rings (SSSR count). The van der Waals surface area contributed by atoms with E-state index >= 15 is 0 Å². The lowest BCUT2D eigenvalue weighted by Crippen LogP contribution is -2.45. The molecule has 0 bridgehead atoms. The standard InChI is InChI=1S/C44H71N3O5/c1-5-7-9-11-13-18-30-47(31-19-14-12-10-8-6-2)33-41-35(3)43(39-25-23-38(34-48)24-26-39)52-44(51-41)40-27-21-37(22-28-40)32-46-42(50)20-16-15-17-29-45-36(4)49/h21-28,35,41,43-44,48H,5-20,29-34H2,1-4H3,(H,45,49)(H,46,50)/t35-,41+,43+,44+/m1/s1. The van der Waals surface area contributed by atoms with Gasteiger partial charge in [-0.2, -0.15) is 0 Å². The number of ether oxygens (including phenoxy) is 2. The molecule has 292 valence electrons. The zero-order chi connectivity index (χ0) is 37.4. The SMILES string of the molecule is CCCCCCCCN(CCCCCCCC)C[C@@H]1O[C@H](c2ccc(CNC(=O)CCCCCNC(C)=O)cc2)O[C@H](c2ccc(CO)cc2)[C@@H]1C. The Kier molecular flexibility index (Phi) is 21.9. The van der Waals surface area contributed by atoms with Crippen LogP contribution < -0.4 is 10.6 Å². The van der Waals surface area contributed by atoms with Crippen molar-refractivity contribution in [3.05, 3.63) is 70.8 Å². The van der Waals surface area contributed by atoms with E-state index in [1.165, 1.54) is 84.0 Å². The van der Waals surface area contributed by atoms with Gasteiger partial charge in [0.1, 0.15) is 0 Å². The number of aliphatic hydroxyl groups excluding tert-OH is 1. The first-order valence-electron chi connectivity index (χ1n) is 20.7. The monoisotopic (exact) mass is 722 g/mol. The van der Waals surface area contributed by atoms with E-state index in [0.717, 1.165) is 61.2 Å². The average Bonchev–Trinajstić information content (AvgIpc) is 3.15. The summed E-state index contributed by atoms with van der Waals surface area (Å²) in [6.45, 7) is 12.6. The minimum Gasteiger partial charge on any atom is -0.392 e. The molecule has 0 unspecified atom stereocenters. The van der Waals surface area contributed by atoms with Gasteiger partial charge in [-0.05, 0) is 55.5 Å². The Bertz CT molecular complexity index is 1220. The van der Waals surface area contributed by atoms with Gasteiger partial charge in [-0.3, -0.25) is 9.59 Å². The smallest absolute Gasteiger partial charge is 0.220 e. The minimum absolute atomic E-state index is 0.00124. The van der Waals surface area contributed by atoms with Crippen LogP contribution in [0.25, 0.3) is 0 Å². The number of carbonyl (C=O) groups excluding carboxylic acids is 2. The molecular formula is C44H71N3O5. The number of hydrogen-bond acceptors (Lipinski definition) is 6. The molecule has 1 heterocycles. The predicted octanol–water partition coefficient (Wildman–Crippen LogP) is 9.31. The number of aliphatic hydroxyl groups is 1. The fraction of sp³-hybridized carbons (Fsp3) is 0.682. The van der Waals surface area contributed by atoms with Gasteiger partial charge in [-0.1, -0.05) is 140 Å². The van der Waals surface area contributed by atoms with Crippen LogP contribution in [0, 0.1) is 5.92 Å². The van der Waals surface area contributed by atoms with Gasteiger partial charge in [0.05, 0.1) is 18.8 Å². The number of rotatable bonds is 27. The molecule has 0 aliphatic carbocycles. The van der Waals surface area contributed by atoms with Crippen molar-refractivity contribution in [1.29, 1.82) is 0 Å². The van der Waals surface area contributed by atoms with Gasteiger partial charge >= 0.3 is 0 Å². The number of amides is 2. The highest BCUT2D eigenvalue weighted by Gasteiger charge is 2.39. The molecule has 8 nitrogen and oxygen atoms in total. The van der Waals surface area contributed by atoms with E-state index in [1.54, 1.807) is 0 Å². The maximum absolute atomic E-state index is 12.4. The van der Waals surface area contributed by atoms with Crippen molar-refractivity contribution in [1.82, 2.24) is 15.5 Å². The molecule has 8 heteroatoms. The third-order valence-corrected chi connectivity index (χ3v) is 10.4. The van der Waals surface area contributed by atoms with E-state index in [-0.39, 0.29) is 36.5 Å². The van der Waals surface area contributed by atoms with Crippen molar-refractivity contribution in [3.8, 4) is 0 Å². The Labute approximate surface area is 315 Å². The number of nitrogens with zero attached hydrogens (tertiary/aromatic N) is 1. The van der Waals surface area contributed by atoms with Gasteiger partial charge in [-0.15, -0.1) is 0 Å². The van der Waals surface area contributed by atoms with Crippen LogP contribution in [0.2, 0.25) is 0 Å². The molecule has 0 spiro atoms. The van der Waals surface area contributed by atoms with Crippen LogP contribution in [0.15, 0.2) is 48.5 Å². The largest absolute Gasteiger partial charge is 0.392 e. The van der Waals surface area contributed by atoms with E-state index in [2.05, 4.69) is 72.7 Å². The molecule has 2 amide bonds. The van der Waals surface area contributed by atoms with E-state index < -0.39 is 6.29 Å². The van der Waals surface area contributed by atoms with Crippen molar-refractivity contribution in [2.45, 2.75) is 162 Å². The predicted molar refractivity (Wildman–Crippen MR) is 212 cm³/mol. The lowest BCUT2D eigenvalue weighted by atomic mass is 9.90. The van der Waals surface area contributed by atoms with Crippen molar-refractivity contribution < 1.29 is 24.2 Å². The highest BCUT2D eigenvalue weighted by molar-refractivity contribution is 5.75. The molecule has 52 heavy (non-hydrogen) atoms. The molecule has 1 saturated heterocycles. The normalized spacial score (nSPS) is 18.8. The molecular weight excluding hydrogens is 651 g/mol. The van der Waals surface area contributed by atoms with Crippen LogP contribution in [-0.2, 0) is 32.2 Å². The van der Waals surface area contributed by atoms with Crippen LogP contribution >= 0.6 is 0 Å². The highest BCUT2D eigenvalue weighted by Crippen LogP contribution is 2.42. The van der Waals surface area contributed by atoms with Gasteiger partial charge in [0, 0.05) is 44.5 Å². The molecule has 0 saturated carbocycles. The number of benzene rings is 2. The Morgan fingerprint density at radius 3 is 1.85 bits per heavy atom. The van der Waals surface area contributed by atoms with Crippen molar-refractivity contribution in [2.75, 3.05) is 26.2 Å². The van der Waals surface area contributed by atoms with Crippen LogP contribution in [-0.4, -0.2) is 54.1 Å². The molecule has 1 fully saturated rings. The molecule has 4 atom stereocenters. The Balaban J connectivity index is 1.66. The van der Waals surface area contributed by atoms with Gasteiger partial charge in [0.15, 0.2) is 6.29 Å². The van der Waals surface area contributed by atoms with Crippen molar-refractivity contribution in [2.24, 2.45) is 5.92 Å². The third kappa shape index (κ3) is 16.9. The summed E-state index contributed by atoms with van der Waals surface area (Å²) in [5, 5.41) is 15.5. The zero-order valence-electron chi connectivity index (χ0n) is 33.0. The van der Waals surface area contributed by atoms with Crippen LogP contribution in [0.1, 0.15) is 165 Å². The Morgan fingerprint density at radius 2 is 1.25 bits per heavy atom. The molecule has 0 radical (unpaired) electrons. The first-order chi connectivity index (χ1) is 25.3. The molecule has 3 N–H and O–H groups in total.